The molecule has 5 radical (unpaired) electrons. The van der Waals surface area contributed by atoms with E-state index in [0.29, 0.717) is 0 Å². The summed E-state index contributed by atoms with van der Waals surface area (Å²) in [6, 6.07) is 0. The molecule has 0 N–H and O–H groups in total. The third kappa shape index (κ3) is 8.95. The van der Waals surface area contributed by atoms with Crippen LogP contribution in [-0.2, 0) is 37.6 Å². The molecule has 0 rings (SSSR count). The summed E-state index contributed by atoms with van der Waals surface area (Å²) in [6.45, 7) is 0. The van der Waals surface area contributed by atoms with Crippen LogP contribution in [0.25, 0.3) is 0 Å². The van der Waals surface area contributed by atoms with Crippen molar-refractivity contribution in [2.75, 3.05) is 0 Å². The van der Waals surface area contributed by atoms with Gasteiger partial charge in [0, 0.05) is 97.1 Å². The first-order chi connectivity index (χ1) is 0. The molecule has 23 valence electrons. The zero-order valence-corrected chi connectivity index (χ0v) is 12.2. The van der Waals surface area contributed by atoms with Crippen LogP contribution >= 0.6 is 0 Å². The number of hydrogen-bond donors (Lipinski definition) is 0. The van der Waals surface area contributed by atoms with Gasteiger partial charge in [0.15, 0.2) is 0 Å². The molecule has 0 aliphatic carbocycles. The Kier molecular flexibility index (Phi) is 111. The second kappa shape index (κ2) is 16.4. The van der Waals surface area contributed by atoms with Crippen LogP contribution in [0.1, 0.15) is 0 Å². The summed E-state index contributed by atoms with van der Waals surface area (Å²) in [7, 11) is 0. The first kappa shape index (κ1) is 27.1. The fourth-order valence-electron chi connectivity index (χ4n) is 0. The first-order valence-electron chi connectivity index (χ1n) is 0. The van der Waals surface area contributed by atoms with Crippen molar-refractivity contribution < 1.29 is 73.2 Å². The standard InChI is InChI=1S/La.Ni.Sn.W. The minimum atomic E-state index is 0. The van der Waals surface area contributed by atoms with Crippen molar-refractivity contribution in [3.8, 4) is 0 Å². The molecule has 0 heterocycles. The Morgan fingerprint density at radius 3 is 1.00 bits per heavy atom. The van der Waals surface area contributed by atoms with Gasteiger partial charge < -0.3 is 0 Å². The quantitative estimate of drug-likeness (QED) is 0.398. The minimum Gasteiger partial charge on any atom is 0 e. The molecular weight excluding hydrogens is 500 g/mol. The van der Waals surface area contributed by atoms with Crippen molar-refractivity contribution >= 4 is 23.9 Å². The van der Waals surface area contributed by atoms with Crippen molar-refractivity contribution in [3.05, 3.63) is 0 Å². The van der Waals surface area contributed by atoms with Crippen LogP contribution in [0.5, 0.6) is 0 Å². The molecular formula is LaNiSnW. The largest absolute Gasteiger partial charge is 0 e. The summed E-state index contributed by atoms with van der Waals surface area (Å²) in [6.07, 6.45) is 0. The van der Waals surface area contributed by atoms with E-state index in [2.05, 4.69) is 0 Å². The zero-order valence-electron chi connectivity index (χ0n) is 1.80. The molecule has 0 spiro atoms. The molecule has 0 atom stereocenters. The molecule has 0 aromatic rings. The van der Waals surface area contributed by atoms with Gasteiger partial charge in [0.05, 0.1) is 0 Å². The van der Waals surface area contributed by atoms with Crippen molar-refractivity contribution in [2.24, 2.45) is 0 Å². The van der Waals surface area contributed by atoms with Crippen LogP contribution in [0.4, 0.5) is 0 Å². The fourth-order valence-corrected chi connectivity index (χ4v) is 0. The van der Waals surface area contributed by atoms with E-state index in [9.17, 15) is 0 Å². The Morgan fingerprint density at radius 2 is 1.00 bits per heavy atom. The van der Waals surface area contributed by atoms with E-state index in [0.717, 1.165) is 0 Å². The van der Waals surface area contributed by atoms with E-state index in [1.165, 1.54) is 0 Å². The van der Waals surface area contributed by atoms with Crippen LogP contribution in [0.15, 0.2) is 0 Å². The molecule has 0 aromatic carbocycles. The van der Waals surface area contributed by atoms with E-state index in [1.807, 2.05) is 0 Å². The fraction of sp³-hybridized carbons (Fsp3) is 0. The predicted molar refractivity (Wildman–Crippen MR) is 5.75 cm³/mol. The summed E-state index contributed by atoms with van der Waals surface area (Å²) >= 11 is 0. The predicted octanol–water partition coefficient (Wildman–Crippen LogP) is -0.386. The van der Waals surface area contributed by atoms with E-state index in [-0.39, 0.29) is 97.1 Å². The van der Waals surface area contributed by atoms with Gasteiger partial charge >= 0.3 is 0 Å². The van der Waals surface area contributed by atoms with Crippen molar-refractivity contribution in [1.82, 2.24) is 0 Å². The molecule has 0 aliphatic heterocycles. The van der Waals surface area contributed by atoms with Gasteiger partial charge in [-0.3, -0.25) is 0 Å². The van der Waals surface area contributed by atoms with Gasteiger partial charge in [-0.05, 0) is 0 Å². The molecule has 0 amide bonds. The Balaban J connectivity index is 0. The van der Waals surface area contributed by atoms with E-state index in [4.69, 9.17) is 0 Å². The monoisotopic (exact) mass is 501 g/mol. The SMILES string of the molecule is [La].[Ni].[Sn].[W]. The van der Waals surface area contributed by atoms with Crippen molar-refractivity contribution in [2.45, 2.75) is 0 Å². The molecule has 0 saturated carbocycles. The third-order valence-corrected chi connectivity index (χ3v) is 0. The van der Waals surface area contributed by atoms with Gasteiger partial charge in [0.1, 0.15) is 0 Å². The summed E-state index contributed by atoms with van der Waals surface area (Å²) < 4.78 is 0. The van der Waals surface area contributed by atoms with Gasteiger partial charge in [0.2, 0.25) is 0 Å². The smallest absolute Gasteiger partial charge is 0 e. The third-order valence-electron chi connectivity index (χ3n) is 0. The molecule has 0 aliphatic rings. The van der Waals surface area contributed by atoms with Gasteiger partial charge in [-0.25, -0.2) is 0 Å². The number of rotatable bonds is 0. The van der Waals surface area contributed by atoms with Crippen LogP contribution in [-0.4, -0.2) is 23.9 Å². The topological polar surface area (TPSA) is 0 Å². The molecule has 0 aromatic heterocycles. The average molecular weight is 500 g/mol. The Morgan fingerprint density at radius 1 is 1.00 bits per heavy atom. The van der Waals surface area contributed by atoms with Gasteiger partial charge in [0.25, 0.3) is 0 Å². The maximum Gasteiger partial charge on any atom is 0 e. The van der Waals surface area contributed by atoms with Gasteiger partial charge in [-0.1, -0.05) is 0 Å². The van der Waals surface area contributed by atoms with E-state index in [1.54, 1.807) is 0 Å². The van der Waals surface area contributed by atoms with E-state index >= 15 is 0 Å². The molecule has 4 heavy (non-hydrogen) atoms. The maximum absolute atomic E-state index is 0. The summed E-state index contributed by atoms with van der Waals surface area (Å²) in [5.74, 6) is 0. The second-order valence-electron chi connectivity index (χ2n) is 0. The van der Waals surface area contributed by atoms with Crippen LogP contribution in [0.3, 0.4) is 0 Å². The van der Waals surface area contributed by atoms with Crippen LogP contribution in [0, 0.1) is 35.6 Å². The summed E-state index contributed by atoms with van der Waals surface area (Å²) in [5, 5.41) is 0. The molecule has 0 fully saturated rings. The van der Waals surface area contributed by atoms with Gasteiger partial charge in [-0.2, -0.15) is 0 Å². The normalized spacial score (nSPS) is 0. The Bertz CT molecular complexity index is 8.00. The summed E-state index contributed by atoms with van der Waals surface area (Å²) in [4.78, 5) is 0. The molecule has 0 unspecified atom stereocenters. The summed E-state index contributed by atoms with van der Waals surface area (Å²) in [5.41, 5.74) is 0. The molecule has 4 heteroatoms. The Labute approximate surface area is 95.0 Å². The van der Waals surface area contributed by atoms with E-state index < -0.39 is 0 Å². The van der Waals surface area contributed by atoms with Crippen LogP contribution in [0.2, 0.25) is 0 Å². The van der Waals surface area contributed by atoms with Gasteiger partial charge in [-0.15, -0.1) is 0 Å². The maximum atomic E-state index is 0. The van der Waals surface area contributed by atoms with Crippen molar-refractivity contribution in [1.29, 1.82) is 0 Å². The Hall–Kier alpha value is 3.18. The van der Waals surface area contributed by atoms with Crippen LogP contribution < -0.4 is 0 Å². The number of hydrogen-bond acceptors (Lipinski definition) is 0. The molecule has 0 nitrogen and oxygen atoms in total. The molecule has 0 bridgehead atoms. The average Bonchev–Trinajstić information content (AvgIpc) is 0. The first-order valence-corrected chi connectivity index (χ1v) is 0. The van der Waals surface area contributed by atoms with Crippen molar-refractivity contribution in [3.63, 3.8) is 0 Å². The second-order valence-corrected chi connectivity index (χ2v) is 0. The zero-order chi connectivity index (χ0) is 0. The minimum absolute atomic E-state index is 0. The molecule has 0 saturated heterocycles.